The van der Waals surface area contributed by atoms with Crippen molar-refractivity contribution in [1.82, 2.24) is 9.88 Å². The fourth-order valence-corrected chi connectivity index (χ4v) is 3.24. The highest BCUT2D eigenvalue weighted by Crippen LogP contribution is 2.32. The molecule has 28 heavy (non-hydrogen) atoms. The van der Waals surface area contributed by atoms with Gasteiger partial charge in [0.15, 0.2) is 0 Å². The van der Waals surface area contributed by atoms with E-state index in [1.807, 2.05) is 27.1 Å². The summed E-state index contributed by atoms with van der Waals surface area (Å²) < 4.78 is 39.5. The number of aromatic nitrogens is 1. The van der Waals surface area contributed by atoms with E-state index in [1.54, 1.807) is 12.1 Å². The van der Waals surface area contributed by atoms with E-state index in [1.165, 1.54) is 18.2 Å². The minimum Gasteiger partial charge on any atom is -0.358 e. The highest BCUT2D eigenvalue weighted by Gasteiger charge is 2.34. The van der Waals surface area contributed by atoms with Crippen LogP contribution in [0.15, 0.2) is 42.5 Å². The molecule has 4 nitrogen and oxygen atoms in total. The Balaban J connectivity index is 1.91. The van der Waals surface area contributed by atoms with E-state index in [2.05, 4.69) is 15.2 Å². The number of alkyl halides is 3. The number of halogens is 3. The van der Waals surface area contributed by atoms with Crippen LogP contribution in [-0.4, -0.2) is 36.4 Å². The summed E-state index contributed by atoms with van der Waals surface area (Å²) in [5, 5.41) is 3.56. The average Bonchev–Trinajstić information content (AvgIpc) is 2.93. The van der Waals surface area contributed by atoms with Crippen LogP contribution in [0.5, 0.6) is 0 Å². The molecule has 0 atom stereocenters. The van der Waals surface area contributed by atoms with Crippen molar-refractivity contribution in [2.45, 2.75) is 19.5 Å². The van der Waals surface area contributed by atoms with E-state index in [-0.39, 0.29) is 0 Å². The van der Waals surface area contributed by atoms with Crippen molar-refractivity contribution in [3.8, 4) is 0 Å². The van der Waals surface area contributed by atoms with Gasteiger partial charge in [-0.2, -0.15) is 13.2 Å². The van der Waals surface area contributed by atoms with Gasteiger partial charge < -0.3 is 15.2 Å². The highest BCUT2D eigenvalue weighted by molar-refractivity contribution is 6.06. The molecule has 0 unspecified atom stereocenters. The first-order valence-corrected chi connectivity index (χ1v) is 8.90. The van der Waals surface area contributed by atoms with Crippen LogP contribution in [0.1, 0.15) is 27.2 Å². The van der Waals surface area contributed by atoms with Crippen LogP contribution in [0.25, 0.3) is 10.9 Å². The topological polar surface area (TPSA) is 48.1 Å². The zero-order chi connectivity index (χ0) is 20.5. The minimum atomic E-state index is -4.59. The molecule has 3 aromatic rings. The number of rotatable bonds is 5. The van der Waals surface area contributed by atoms with Crippen LogP contribution in [0.2, 0.25) is 0 Å². The number of hydrogen-bond donors (Lipinski definition) is 2. The Morgan fingerprint density at radius 1 is 1.14 bits per heavy atom. The number of H-pyrrole nitrogens is 1. The third kappa shape index (κ3) is 4.20. The summed E-state index contributed by atoms with van der Waals surface area (Å²) in [5.41, 5.74) is 2.23. The van der Waals surface area contributed by atoms with Crippen LogP contribution in [0, 0.1) is 6.92 Å². The van der Waals surface area contributed by atoms with Crippen LogP contribution in [0.4, 0.5) is 18.9 Å². The highest BCUT2D eigenvalue weighted by atomic mass is 19.4. The second-order valence-electron chi connectivity index (χ2n) is 7.04. The smallest absolute Gasteiger partial charge is 0.358 e. The molecule has 1 heterocycles. The van der Waals surface area contributed by atoms with E-state index in [0.717, 1.165) is 41.2 Å². The van der Waals surface area contributed by atoms with Gasteiger partial charge in [0, 0.05) is 28.8 Å². The lowest BCUT2D eigenvalue weighted by molar-refractivity contribution is -0.137. The maximum Gasteiger partial charge on any atom is 0.417 e. The molecule has 1 aromatic heterocycles. The number of likely N-dealkylation sites (N-methyl/N-ethyl adjacent to an activating group) is 1. The molecular formula is C21H22F3N3O. The van der Waals surface area contributed by atoms with Gasteiger partial charge in [0.05, 0.1) is 11.1 Å². The number of carbonyl (C=O) groups is 1. The van der Waals surface area contributed by atoms with E-state index in [0.29, 0.717) is 5.69 Å². The van der Waals surface area contributed by atoms with Crippen molar-refractivity contribution >= 4 is 22.5 Å². The molecular weight excluding hydrogens is 367 g/mol. The number of nitrogens with zero attached hydrogens (tertiary/aromatic N) is 1. The predicted octanol–water partition coefficient (Wildman–Crippen LogP) is 4.85. The quantitative estimate of drug-likeness (QED) is 0.655. The Bertz CT molecular complexity index is 1010. The molecule has 0 radical (unpaired) electrons. The summed E-state index contributed by atoms with van der Waals surface area (Å²) in [7, 11) is 3.99. The second kappa shape index (κ2) is 7.67. The number of hydrogen-bond acceptors (Lipinski definition) is 2. The molecule has 0 aliphatic rings. The van der Waals surface area contributed by atoms with Gasteiger partial charge in [-0.15, -0.1) is 0 Å². The maximum atomic E-state index is 13.2. The Kier molecular flexibility index (Phi) is 5.47. The summed E-state index contributed by atoms with van der Waals surface area (Å²) in [6.45, 7) is 2.85. The van der Waals surface area contributed by atoms with Crippen LogP contribution in [-0.2, 0) is 12.6 Å². The molecule has 1 amide bonds. The molecule has 0 aliphatic carbocycles. The lowest BCUT2D eigenvalue weighted by atomic mass is 10.1. The number of nitrogens with one attached hydrogen (secondary N) is 2. The van der Waals surface area contributed by atoms with Crippen molar-refractivity contribution in [3.05, 3.63) is 64.8 Å². The van der Waals surface area contributed by atoms with Gasteiger partial charge in [0.1, 0.15) is 0 Å². The molecule has 3 rings (SSSR count). The fourth-order valence-electron chi connectivity index (χ4n) is 3.24. The Morgan fingerprint density at radius 2 is 1.86 bits per heavy atom. The van der Waals surface area contributed by atoms with E-state index in [4.69, 9.17) is 0 Å². The van der Waals surface area contributed by atoms with Gasteiger partial charge in [-0.05, 0) is 63.3 Å². The van der Waals surface area contributed by atoms with Crippen molar-refractivity contribution in [2.75, 3.05) is 26.0 Å². The first-order valence-electron chi connectivity index (χ1n) is 8.90. The minimum absolute atomic E-state index is 0.395. The maximum absolute atomic E-state index is 13.2. The number of benzene rings is 2. The third-order valence-corrected chi connectivity index (χ3v) is 4.66. The van der Waals surface area contributed by atoms with Crippen LogP contribution < -0.4 is 5.32 Å². The van der Waals surface area contributed by atoms with Crippen molar-refractivity contribution < 1.29 is 18.0 Å². The molecule has 2 N–H and O–H groups in total. The van der Waals surface area contributed by atoms with Crippen LogP contribution in [0.3, 0.4) is 0 Å². The number of aryl methyl sites for hydroxylation is 1. The molecule has 0 fully saturated rings. The van der Waals surface area contributed by atoms with Gasteiger partial charge in [-0.25, -0.2) is 0 Å². The van der Waals surface area contributed by atoms with Crippen LogP contribution >= 0.6 is 0 Å². The van der Waals surface area contributed by atoms with E-state index < -0.39 is 23.2 Å². The molecule has 0 aliphatic heterocycles. The standard InChI is InChI=1S/C21H22F3N3O/c1-13-15(10-11-27(2)3)17-12-14(8-9-19(17)25-13)26-20(28)16-6-4-5-7-18(16)21(22,23)24/h4-9,12,25H,10-11H2,1-3H3,(H,26,28). The average molecular weight is 389 g/mol. The van der Waals surface area contributed by atoms with Crippen molar-refractivity contribution in [3.63, 3.8) is 0 Å². The van der Waals surface area contributed by atoms with Crippen molar-refractivity contribution in [2.24, 2.45) is 0 Å². The Labute approximate surface area is 161 Å². The normalized spacial score (nSPS) is 12.0. The molecule has 0 saturated carbocycles. The summed E-state index contributed by atoms with van der Waals surface area (Å²) in [6, 6.07) is 10.1. The molecule has 0 bridgehead atoms. The molecule has 2 aromatic carbocycles. The molecule has 0 spiro atoms. The fraction of sp³-hybridized carbons (Fsp3) is 0.286. The monoisotopic (exact) mass is 389 g/mol. The van der Waals surface area contributed by atoms with E-state index >= 15 is 0 Å². The predicted molar refractivity (Wildman–Crippen MR) is 105 cm³/mol. The Hall–Kier alpha value is -2.80. The SMILES string of the molecule is Cc1[nH]c2ccc(NC(=O)c3ccccc3C(F)(F)F)cc2c1CCN(C)C. The Morgan fingerprint density at radius 3 is 2.54 bits per heavy atom. The first kappa shape index (κ1) is 19.9. The van der Waals surface area contributed by atoms with Gasteiger partial charge in [-0.3, -0.25) is 4.79 Å². The molecule has 0 saturated heterocycles. The number of anilines is 1. The lowest BCUT2D eigenvalue weighted by Crippen LogP contribution is -2.18. The first-order chi connectivity index (χ1) is 13.2. The van der Waals surface area contributed by atoms with Crippen molar-refractivity contribution in [1.29, 1.82) is 0 Å². The molecule has 148 valence electrons. The second-order valence-corrected chi connectivity index (χ2v) is 7.04. The summed E-state index contributed by atoms with van der Waals surface area (Å²) in [4.78, 5) is 17.9. The van der Waals surface area contributed by atoms with E-state index in [9.17, 15) is 18.0 Å². The summed E-state index contributed by atoms with van der Waals surface area (Å²) >= 11 is 0. The summed E-state index contributed by atoms with van der Waals surface area (Å²) in [5.74, 6) is -0.783. The largest absolute Gasteiger partial charge is 0.417 e. The van der Waals surface area contributed by atoms with Gasteiger partial charge in [0.2, 0.25) is 0 Å². The van der Waals surface area contributed by atoms with Gasteiger partial charge >= 0.3 is 6.18 Å². The number of aromatic amines is 1. The lowest BCUT2D eigenvalue weighted by Gasteiger charge is -2.13. The molecule has 7 heteroatoms. The number of fused-ring (bicyclic) bond motifs is 1. The number of carbonyl (C=O) groups excluding carboxylic acids is 1. The zero-order valence-corrected chi connectivity index (χ0v) is 15.9. The van der Waals surface area contributed by atoms with Gasteiger partial charge in [-0.1, -0.05) is 12.1 Å². The van der Waals surface area contributed by atoms with Gasteiger partial charge in [0.25, 0.3) is 5.91 Å². The third-order valence-electron chi connectivity index (χ3n) is 4.66. The number of amides is 1. The zero-order valence-electron chi connectivity index (χ0n) is 15.9. The summed E-state index contributed by atoms with van der Waals surface area (Å²) in [6.07, 6.45) is -3.76.